The van der Waals surface area contributed by atoms with Crippen LogP contribution in [0.5, 0.6) is 0 Å². The van der Waals surface area contributed by atoms with Crippen LogP contribution >= 0.6 is 22.7 Å². The molecule has 0 aliphatic heterocycles. The lowest BCUT2D eigenvalue weighted by molar-refractivity contribution is 0.102. The third kappa shape index (κ3) is 5.07. The summed E-state index contributed by atoms with van der Waals surface area (Å²) in [6, 6.07) is 17.4. The molecule has 6 nitrogen and oxygen atoms in total. The number of hydrogen-bond donors (Lipinski definition) is 3. The number of benzene rings is 2. The summed E-state index contributed by atoms with van der Waals surface area (Å²) >= 11 is 3.12. The summed E-state index contributed by atoms with van der Waals surface area (Å²) in [5, 5.41) is 10.3. The molecule has 0 bridgehead atoms. The summed E-state index contributed by atoms with van der Waals surface area (Å²) in [5.74, 6) is 0.380. The van der Waals surface area contributed by atoms with Gasteiger partial charge in [0.1, 0.15) is 15.7 Å². The first-order valence-electron chi connectivity index (χ1n) is 11.1. The van der Waals surface area contributed by atoms with Gasteiger partial charge in [0.2, 0.25) is 0 Å². The molecule has 1 aliphatic rings. The molecule has 33 heavy (non-hydrogen) atoms. The summed E-state index contributed by atoms with van der Waals surface area (Å²) in [6.07, 6.45) is 6.24. The summed E-state index contributed by atoms with van der Waals surface area (Å²) in [6.45, 7) is 0. The topological polar surface area (TPSA) is 92.9 Å². The Hall–Kier alpha value is -3.23. The van der Waals surface area contributed by atoms with Crippen LogP contribution in [-0.2, 0) is 0 Å². The Morgan fingerprint density at radius 3 is 2.64 bits per heavy atom. The van der Waals surface area contributed by atoms with Crippen LogP contribution in [-0.4, -0.2) is 21.9 Å². The standard InChI is InChI=1S/C25H25N5OS2/c26-22-21(33-25(30-22)28-18-11-5-2-6-12-18)24-29-20(15-32-24)17-10-7-13-19(14-17)27-23(31)16-8-3-1-4-9-16/h1,3-4,7-10,13-15,18H,2,5-6,11-12,26H2,(H,27,31)(H,28,30). The van der Waals surface area contributed by atoms with Crippen LogP contribution < -0.4 is 16.4 Å². The van der Waals surface area contributed by atoms with Crippen molar-refractivity contribution in [3.63, 3.8) is 0 Å². The van der Waals surface area contributed by atoms with Crippen molar-refractivity contribution in [3.05, 3.63) is 65.5 Å². The zero-order valence-electron chi connectivity index (χ0n) is 18.1. The summed E-state index contributed by atoms with van der Waals surface area (Å²) in [7, 11) is 0. The van der Waals surface area contributed by atoms with Gasteiger partial charge in [0, 0.05) is 28.2 Å². The third-order valence-corrected chi connectivity index (χ3v) is 7.73. The highest BCUT2D eigenvalue weighted by Crippen LogP contribution is 2.39. The van der Waals surface area contributed by atoms with Gasteiger partial charge in [-0.05, 0) is 37.1 Å². The Labute approximate surface area is 200 Å². The van der Waals surface area contributed by atoms with Gasteiger partial charge in [-0.3, -0.25) is 4.79 Å². The molecule has 0 saturated heterocycles. The number of carbonyl (C=O) groups is 1. The second-order valence-electron chi connectivity index (χ2n) is 8.15. The van der Waals surface area contributed by atoms with E-state index in [1.165, 1.54) is 32.1 Å². The maximum Gasteiger partial charge on any atom is 0.255 e. The molecule has 1 amide bonds. The molecule has 1 saturated carbocycles. The second-order valence-corrected chi connectivity index (χ2v) is 10.0. The maximum absolute atomic E-state index is 12.5. The number of nitrogen functional groups attached to an aromatic ring is 1. The Morgan fingerprint density at radius 2 is 1.82 bits per heavy atom. The summed E-state index contributed by atoms with van der Waals surface area (Å²) in [5.41, 5.74) is 9.38. The molecule has 1 fully saturated rings. The van der Waals surface area contributed by atoms with E-state index < -0.39 is 0 Å². The maximum atomic E-state index is 12.5. The fourth-order valence-corrected chi connectivity index (χ4v) is 5.92. The fourth-order valence-electron chi connectivity index (χ4n) is 4.03. The van der Waals surface area contributed by atoms with Crippen LogP contribution in [0, 0.1) is 0 Å². The van der Waals surface area contributed by atoms with E-state index in [9.17, 15) is 4.79 Å². The Balaban J connectivity index is 1.32. The number of hydrogen-bond acceptors (Lipinski definition) is 7. The molecule has 0 spiro atoms. The van der Waals surface area contributed by atoms with Gasteiger partial charge < -0.3 is 16.4 Å². The average Bonchev–Trinajstić information content (AvgIpc) is 3.47. The van der Waals surface area contributed by atoms with Crippen molar-refractivity contribution in [1.82, 2.24) is 9.97 Å². The minimum Gasteiger partial charge on any atom is -0.382 e. The molecule has 0 radical (unpaired) electrons. The van der Waals surface area contributed by atoms with Gasteiger partial charge in [0.25, 0.3) is 5.91 Å². The number of aromatic nitrogens is 2. The van der Waals surface area contributed by atoms with Crippen LogP contribution in [0.3, 0.4) is 0 Å². The van der Waals surface area contributed by atoms with Gasteiger partial charge >= 0.3 is 0 Å². The highest BCUT2D eigenvalue weighted by molar-refractivity contribution is 7.23. The van der Waals surface area contributed by atoms with Crippen molar-refractivity contribution in [3.8, 4) is 21.1 Å². The molecule has 0 unspecified atom stereocenters. The van der Waals surface area contributed by atoms with Crippen molar-refractivity contribution < 1.29 is 4.79 Å². The van der Waals surface area contributed by atoms with Crippen molar-refractivity contribution in [2.45, 2.75) is 38.1 Å². The van der Waals surface area contributed by atoms with E-state index in [0.717, 1.165) is 32.0 Å². The monoisotopic (exact) mass is 475 g/mol. The predicted molar refractivity (Wildman–Crippen MR) is 138 cm³/mol. The van der Waals surface area contributed by atoms with Crippen molar-refractivity contribution >= 4 is 45.2 Å². The van der Waals surface area contributed by atoms with E-state index in [4.69, 9.17) is 10.7 Å². The van der Waals surface area contributed by atoms with Gasteiger partial charge in [-0.25, -0.2) is 9.97 Å². The first kappa shape index (κ1) is 21.6. The van der Waals surface area contributed by atoms with E-state index in [1.807, 2.05) is 47.8 Å². The quantitative estimate of drug-likeness (QED) is 0.295. The highest BCUT2D eigenvalue weighted by Gasteiger charge is 2.19. The number of carbonyl (C=O) groups excluding carboxylic acids is 1. The molecule has 4 N–H and O–H groups in total. The fraction of sp³-hybridized carbons (Fsp3) is 0.240. The molecular weight excluding hydrogens is 450 g/mol. The first-order valence-corrected chi connectivity index (χ1v) is 12.8. The van der Waals surface area contributed by atoms with Crippen LogP contribution in [0.25, 0.3) is 21.1 Å². The van der Waals surface area contributed by atoms with Gasteiger partial charge in [-0.1, -0.05) is 60.9 Å². The first-order chi connectivity index (χ1) is 16.2. The van der Waals surface area contributed by atoms with E-state index in [1.54, 1.807) is 34.8 Å². The Kier molecular flexibility index (Phi) is 6.37. The zero-order chi connectivity index (χ0) is 22.6. The minimum atomic E-state index is -0.137. The van der Waals surface area contributed by atoms with Crippen LogP contribution in [0.2, 0.25) is 0 Å². The van der Waals surface area contributed by atoms with E-state index in [-0.39, 0.29) is 5.91 Å². The number of anilines is 3. The van der Waals surface area contributed by atoms with E-state index in [2.05, 4.69) is 15.6 Å². The van der Waals surface area contributed by atoms with E-state index in [0.29, 0.717) is 17.4 Å². The van der Waals surface area contributed by atoms with Crippen LogP contribution in [0.4, 0.5) is 16.6 Å². The molecule has 2 heterocycles. The number of nitrogens with zero attached hydrogens (tertiary/aromatic N) is 2. The zero-order valence-corrected chi connectivity index (χ0v) is 19.7. The largest absolute Gasteiger partial charge is 0.382 e. The number of thiazole rings is 2. The number of nitrogens with one attached hydrogen (secondary N) is 2. The lowest BCUT2D eigenvalue weighted by atomic mass is 9.96. The van der Waals surface area contributed by atoms with Gasteiger partial charge in [-0.2, -0.15) is 0 Å². The van der Waals surface area contributed by atoms with Gasteiger partial charge in [-0.15, -0.1) is 11.3 Å². The van der Waals surface area contributed by atoms with Crippen LogP contribution in [0.15, 0.2) is 60.0 Å². The number of rotatable bonds is 6. The molecular formula is C25H25N5OS2. The smallest absolute Gasteiger partial charge is 0.255 e. The SMILES string of the molecule is Nc1nc(NC2CCCCC2)sc1-c1nc(-c2cccc(NC(=O)c3ccccc3)c2)cs1. The third-order valence-electron chi connectivity index (χ3n) is 5.74. The van der Waals surface area contributed by atoms with Gasteiger partial charge in [0.05, 0.1) is 5.69 Å². The van der Waals surface area contributed by atoms with Crippen molar-refractivity contribution in [2.75, 3.05) is 16.4 Å². The van der Waals surface area contributed by atoms with E-state index >= 15 is 0 Å². The molecule has 168 valence electrons. The second kappa shape index (κ2) is 9.72. The normalized spacial score (nSPS) is 14.2. The minimum absolute atomic E-state index is 0.137. The van der Waals surface area contributed by atoms with Gasteiger partial charge in [0.15, 0.2) is 5.13 Å². The number of nitrogens with two attached hydrogens (primary N) is 1. The molecule has 5 rings (SSSR count). The Morgan fingerprint density at radius 1 is 1.00 bits per heavy atom. The lowest BCUT2D eigenvalue weighted by Crippen LogP contribution is -2.21. The number of amides is 1. The molecule has 4 aromatic rings. The molecule has 1 aliphatic carbocycles. The Bertz CT molecular complexity index is 1240. The summed E-state index contributed by atoms with van der Waals surface area (Å²) in [4.78, 5) is 22.7. The molecule has 2 aromatic heterocycles. The van der Waals surface area contributed by atoms with Crippen molar-refractivity contribution in [1.29, 1.82) is 0 Å². The summed E-state index contributed by atoms with van der Waals surface area (Å²) < 4.78 is 0. The molecule has 0 atom stereocenters. The lowest BCUT2D eigenvalue weighted by Gasteiger charge is -2.22. The van der Waals surface area contributed by atoms with Crippen molar-refractivity contribution in [2.24, 2.45) is 0 Å². The average molecular weight is 476 g/mol. The highest BCUT2D eigenvalue weighted by atomic mass is 32.1. The molecule has 2 aromatic carbocycles. The molecule has 8 heteroatoms. The predicted octanol–water partition coefficient (Wildman–Crippen LogP) is 6.51. The van der Waals surface area contributed by atoms with Crippen LogP contribution in [0.1, 0.15) is 42.5 Å².